The number of nitrogens with one attached hydrogen (secondary N) is 1. The molecule has 2 aromatic rings. The van der Waals surface area contributed by atoms with Crippen molar-refractivity contribution in [2.45, 2.75) is 472 Å². The molecule has 123 heavy (non-hydrogen) atoms. The Morgan fingerprint density at radius 3 is 0.870 bits per heavy atom. The molecule has 0 aromatic heterocycles. The van der Waals surface area contributed by atoms with E-state index in [2.05, 4.69) is 299 Å². The van der Waals surface area contributed by atoms with Gasteiger partial charge in [0.2, 0.25) is 11.8 Å². The van der Waals surface area contributed by atoms with E-state index in [0.717, 1.165) is 118 Å². The summed E-state index contributed by atoms with van der Waals surface area (Å²) in [6.07, 6.45) is 35.1. The van der Waals surface area contributed by atoms with Gasteiger partial charge in [-0.15, -0.1) is 0 Å². The van der Waals surface area contributed by atoms with Gasteiger partial charge in [0.05, 0.1) is 11.7 Å². The van der Waals surface area contributed by atoms with Crippen molar-refractivity contribution in [1.29, 1.82) is 0 Å². The van der Waals surface area contributed by atoms with Gasteiger partial charge < -0.3 is 25.2 Å². The molecular weight excluding hydrogens is 1510 g/mol. The molecule has 4 saturated heterocycles. The van der Waals surface area contributed by atoms with Gasteiger partial charge in [-0.2, -0.15) is 0 Å². The van der Waals surface area contributed by atoms with E-state index in [-0.39, 0.29) is 41.8 Å². The average Bonchev–Trinajstić information content (AvgIpc) is 1.51. The number of ether oxygens (including phenoxy) is 1. The molecule has 0 atom stereocenters. The summed E-state index contributed by atoms with van der Waals surface area (Å²) in [6, 6.07) is 21.4. The number of nitrogens with zero attached hydrogens (tertiary/aromatic N) is 2. The number of benzene rings is 2. The van der Waals surface area contributed by atoms with Gasteiger partial charge in [-0.25, -0.2) is 8.78 Å². The number of carbonyl (C=O) groups excluding carboxylic acids is 1. The Kier molecular flexibility index (Phi) is 48.4. The third-order valence-corrected chi connectivity index (χ3v) is 30.7. The van der Waals surface area contributed by atoms with E-state index < -0.39 is 5.92 Å². The molecule has 13 rings (SSSR count). The third kappa shape index (κ3) is 50.1. The fourth-order valence-electron chi connectivity index (χ4n) is 19.2. The second-order valence-electron chi connectivity index (χ2n) is 54.0. The van der Waals surface area contributed by atoms with Crippen molar-refractivity contribution in [3.63, 3.8) is 0 Å². The number of halogens is 2. The number of carbonyl (C=O) groups is 1. The molecule has 0 bridgehead atoms. The van der Waals surface area contributed by atoms with Crippen molar-refractivity contribution >= 4 is 5.91 Å². The maximum absolute atomic E-state index is 12.3. The first kappa shape index (κ1) is 117. The minimum Gasteiger partial charge on any atom is -0.393 e. The highest BCUT2D eigenvalue weighted by Crippen LogP contribution is 2.52. The Hall–Kier alpha value is -2.43. The molecule has 1 amide bonds. The summed E-state index contributed by atoms with van der Waals surface area (Å²) in [7, 11) is 0. The molecule has 4 heterocycles. The molecule has 0 spiro atoms. The van der Waals surface area contributed by atoms with E-state index in [1.807, 2.05) is 32.6 Å². The first-order valence-corrected chi connectivity index (χ1v) is 51.0. The molecule has 722 valence electrons. The number of piperidine rings is 3. The zero-order valence-corrected chi connectivity index (χ0v) is 89.2. The summed E-state index contributed by atoms with van der Waals surface area (Å²) < 4.78 is 29.9. The summed E-state index contributed by atoms with van der Waals surface area (Å²) >= 11 is 0. The fourth-order valence-corrected chi connectivity index (χ4v) is 19.2. The molecule has 11 fully saturated rings. The number of alkyl halides is 2. The molecule has 11 aliphatic rings. The summed E-state index contributed by atoms with van der Waals surface area (Å²) in [5.41, 5.74) is 7.93. The zero-order chi connectivity index (χ0) is 94.5. The topological polar surface area (TPSA) is 85.3 Å². The first-order valence-electron chi connectivity index (χ1n) is 51.0. The van der Waals surface area contributed by atoms with Crippen molar-refractivity contribution in [3.05, 3.63) is 71.8 Å². The van der Waals surface area contributed by atoms with Crippen LogP contribution in [0.25, 0.3) is 0 Å². The van der Waals surface area contributed by atoms with Gasteiger partial charge in [0.25, 0.3) is 0 Å². The van der Waals surface area contributed by atoms with Crippen LogP contribution in [0.3, 0.4) is 0 Å². The van der Waals surface area contributed by atoms with E-state index in [0.29, 0.717) is 59.6 Å². The predicted molar refractivity (Wildman–Crippen MR) is 536 cm³/mol. The lowest BCUT2D eigenvalue weighted by molar-refractivity contribution is -0.138. The highest BCUT2D eigenvalue weighted by Gasteiger charge is 2.50. The molecular formula is C114H213F2N3O4. The lowest BCUT2D eigenvalue weighted by atomic mass is 9.61. The number of rotatable bonds is 2. The average molecular weight is 1730 g/mol. The van der Waals surface area contributed by atoms with Crippen molar-refractivity contribution in [3.8, 4) is 0 Å². The first-order chi connectivity index (χ1) is 55.8. The van der Waals surface area contributed by atoms with Gasteiger partial charge in [0, 0.05) is 52.6 Å². The summed E-state index contributed by atoms with van der Waals surface area (Å²) in [6.45, 7) is 96.0. The van der Waals surface area contributed by atoms with Crippen LogP contribution in [0.2, 0.25) is 0 Å². The van der Waals surface area contributed by atoms with Gasteiger partial charge in [-0.3, -0.25) is 9.69 Å². The van der Waals surface area contributed by atoms with Crippen LogP contribution >= 0.6 is 0 Å². The second-order valence-corrected chi connectivity index (χ2v) is 54.0. The normalized spacial score (nSPS) is 24.0. The molecule has 9 heteroatoms. The van der Waals surface area contributed by atoms with Crippen LogP contribution in [0.4, 0.5) is 8.78 Å². The Morgan fingerprint density at radius 2 is 0.650 bits per heavy atom. The number of aliphatic hydroxyl groups is 2. The van der Waals surface area contributed by atoms with E-state index in [9.17, 15) is 18.7 Å². The molecule has 2 aromatic carbocycles. The smallest absolute Gasteiger partial charge is 0.248 e. The van der Waals surface area contributed by atoms with Gasteiger partial charge in [-0.1, -0.05) is 348 Å². The lowest BCUT2D eigenvalue weighted by Gasteiger charge is -2.47. The summed E-state index contributed by atoms with van der Waals surface area (Å²) in [5, 5.41) is 21.8. The fraction of sp³-hybridized carbons (Fsp3) is 0.886. The van der Waals surface area contributed by atoms with E-state index >= 15 is 0 Å². The van der Waals surface area contributed by atoms with Gasteiger partial charge >= 0.3 is 0 Å². The number of hydrogen-bond acceptors (Lipinski definition) is 6. The minimum atomic E-state index is -2.35. The van der Waals surface area contributed by atoms with Gasteiger partial charge in [0.15, 0.2) is 0 Å². The number of aliphatic hydroxyl groups excluding tert-OH is 1. The van der Waals surface area contributed by atoms with E-state index in [1.54, 1.807) is 6.92 Å². The number of likely N-dealkylation sites (tertiary alicyclic amines) is 2. The molecule has 7 nitrogen and oxygen atoms in total. The lowest BCUT2D eigenvalue weighted by Crippen LogP contribution is -2.46. The highest BCUT2D eigenvalue weighted by molar-refractivity contribution is 5.73. The summed E-state index contributed by atoms with van der Waals surface area (Å²) in [5.74, 6) is 7.17. The maximum Gasteiger partial charge on any atom is 0.248 e. The van der Waals surface area contributed by atoms with Crippen molar-refractivity contribution < 1.29 is 28.5 Å². The third-order valence-electron chi connectivity index (χ3n) is 30.7. The number of amides is 1. The molecule has 0 unspecified atom stereocenters. The van der Waals surface area contributed by atoms with Gasteiger partial charge in [0.1, 0.15) is 0 Å². The van der Waals surface area contributed by atoms with Crippen LogP contribution in [0, 0.1) is 125 Å². The summed E-state index contributed by atoms with van der Waals surface area (Å²) in [4.78, 5) is 15.6. The van der Waals surface area contributed by atoms with E-state index in [4.69, 9.17) is 9.84 Å². The van der Waals surface area contributed by atoms with Crippen molar-refractivity contribution in [2.24, 2.45) is 125 Å². The molecule has 3 N–H and O–H groups in total. The van der Waals surface area contributed by atoms with Gasteiger partial charge in [-0.05, 0) is 303 Å². The van der Waals surface area contributed by atoms with Crippen LogP contribution < -0.4 is 5.32 Å². The molecule has 7 aliphatic carbocycles. The number of hydrogen-bond donors (Lipinski definition) is 3. The van der Waals surface area contributed by atoms with Crippen LogP contribution in [-0.4, -0.2) is 96.0 Å². The zero-order valence-electron chi connectivity index (χ0n) is 89.2. The molecule has 0 radical (unpaired) electrons. The standard InChI is InChI=1S/C16H25N.C11H21NO.C10H20.C10H14.C9H19N.2C9H18O.C9H18.C8H14F2.C8H16O.C8H16.C7H14/c1-16(2,3)15-9-11-17(12-10-15)13-14-7-5-4-6-8-14;1-9(13)12-7-5-10(6-8-12)11(2,3)4;2*1-10(2,3)9-7-5-4-6-8-9;1-9(2,3)8-4-6-10-7-5-8;1-8(2,3)7-5-9(4,10)6-7;1-9(2,3)8-4-6-10-7-5-8;1-9(2,3)8-6-4-5-7-8;1-7(2,3)6-4-8(9,10)5-6;1-8(2,3)6-4-7(9)5-6;1-8(2,3)7-5-4-6-7;1-7(2,3)6-4-5-6/h4-8,15H,9-13H2,1-3H3;10H,5-8H2,1-4H3;9H,4-8H2,1-3H3;4-8H,1-3H3;8,10H,4-7H2,1-3H3;7,10H,5-6H2,1-4H3;8H,4-7H2,1-3H3;8H,4-7H2,1-3H3;6H,4-5H2,1-3H3;6-7,9H,4-5H2,1-3H3;7H,4-6H2,1-3H3;6H,4-5H2,1-3H3. The van der Waals surface area contributed by atoms with Crippen molar-refractivity contribution in [1.82, 2.24) is 15.1 Å². The van der Waals surface area contributed by atoms with Crippen LogP contribution in [0.1, 0.15) is 454 Å². The molecule has 4 aliphatic heterocycles. The Balaban J connectivity index is 0.000000457. The second kappa shape index (κ2) is 51.0. The maximum atomic E-state index is 12.3. The quantitative estimate of drug-likeness (QED) is 0.278. The van der Waals surface area contributed by atoms with Crippen LogP contribution in [-0.2, 0) is 21.5 Å². The van der Waals surface area contributed by atoms with Crippen molar-refractivity contribution in [2.75, 3.05) is 52.5 Å². The SMILES string of the molecule is CC(=O)N1CCC(C(C)(C)C)CC1.CC(C)(C)C1CC(F)(F)C1.CC(C)(C)C1CC(O)C1.CC(C)(C)C1CC1.CC(C)(C)C1CCC1.CC(C)(C)C1CCCC1.CC(C)(C)C1CCCCC1.CC(C)(C)C1CCN(Cc2ccccc2)CC1.CC(C)(C)C1CCNCC1.CC(C)(C)C1CCOCC1.CC(C)(C)c1ccccc1.CC1(O)CC(C(C)(C)C)C1. The van der Waals surface area contributed by atoms with Crippen LogP contribution in [0.5, 0.6) is 0 Å². The van der Waals surface area contributed by atoms with Crippen LogP contribution in [0.15, 0.2) is 60.7 Å². The highest BCUT2D eigenvalue weighted by atomic mass is 19.3. The monoisotopic (exact) mass is 1730 g/mol. The predicted octanol–water partition coefficient (Wildman–Crippen LogP) is 32.9. The Labute approximate surface area is 766 Å². The Morgan fingerprint density at radius 1 is 0.366 bits per heavy atom. The van der Waals surface area contributed by atoms with E-state index in [1.165, 1.54) is 179 Å². The minimum absolute atomic E-state index is 0.00854. The molecule has 7 saturated carbocycles. The largest absolute Gasteiger partial charge is 0.393 e. The Bertz CT molecular complexity index is 2920.